The Balaban J connectivity index is 1.63. The maximum Gasteiger partial charge on any atom is 0.293 e. The van der Waals surface area contributed by atoms with Crippen LogP contribution < -0.4 is 20.5 Å². The summed E-state index contributed by atoms with van der Waals surface area (Å²) in [6, 6.07) is 7.52. The number of nitrogens with zero attached hydrogens (tertiary/aromatic N) is 4. The number of likely N-dealkylation sites (N-methyl/N-ethyl adjacent to an activating group) is 1. The smallest absolute Gasteiger partial charge is 0.293 e. The van der Waals surface area contributed by atoms with Crippen LogP contribution in [0.5, 0.6) is 5.75 Å². The number of carbonyl (C=O) groups is 1. The lowest BCUT2D eigenvalue weighted by Gasteiger charge is -2.26. The zero-order valence-corrected chi connectivity index (χ0v) is 19.0. The van der Waals surface area contributed by atoms with Gasteiger partial charge in [0, 0.05) is 39.0 Å². The van der Waals surface area contributed by atoms with Gasteiger partial charge in [-0.2, -0.15) is 0 Å². The van der Waals surface area contributed by atoms with Crippen LogP contribution in [-0.2, 0) is 18.3 Å². The van der Waals surface area contributed by atoms with Crippen LogP contribution in [0.25, 0.3) is 10.9 Å². The molecule has 4 rings (SSSR count). The van der Waals surface area contributed by atoms with E-state index in [0.717, 1.165) is 54.0 Å². The molecule has 3 heterocycles. The van der Waals surface area contributed by atoms with Gasteiger partial charge in [0.2, 0.25) is 5.95 Å². The first kappa shape index (κ1) is 22.1. The summed E-state index contributed by atoms with van der Waals surface area (Å²) in [4.78, 5) is 35.4. The van der Waals surface area contributed by atoms with E-state index in [1.807, 2.05) is 18.2 Å². The number of halogens is 1. The van der Waals surface area contributed by atoms with E-state index in [1.165, 1.54) is 18.0 Å². The van der Waals surface area contributed by atoms with Crippen LogP contribution in [0.15, 0.2) is 35.3 Å². The van der Waals surface area contributed by atoms with Gasteiger partial charge in [-0.3, -0.25) is 9.59 Å². The number of pyridine rings is 1. The van der Waals surface area contributed by atoms with Crippen molar-refractivity contribution in [2.75, 3.05) is 31.6 Å². The van der Waals surface area contributed by atoms with Gasteiger partial charge in [-0.15, -0.1) is 0 Å². The number of piperidine rings is 1. The summed E-state index contributed by atoms with van der Waals surface area (Å²) < 4.78 is 6.96. The molecule has 1 fully saturated rings. The highest BCUT2D eigenvalue weighted by molar-refractivity contribution is 6.31. The molecule has 0 aliphatic carbocycles. The first-order chi connectivity index (χ1) is 15.5. The summed E-state index contributed by atoms with van der Waals surface area (Å²) in [5.41, 5.74) is 2.24. The Bertz CT molecular complexity index is 1200. The second-order valence-electron chi connectivity index (χ2n) is 7.92. The Morgan fingerprint density at radius 2 is 2.00 bits per heavy atom. The molecule has 0 unspecified atom stereocenters. The second kappa shape index (κ2) is 9.56. The average molecular weight is 456 g/mol. The molecule has 0 spiro atoms. The summed E-state index contributed by atoms with van der Waals surface area (Å²) in [5, 5.41) is 3.84. The molecule has 1 aliphatic heterocycles. The minimum absolute atomic E-state index is 0.133. The first-order valence-electron chi connectivity index (χ1n) is 10.7. The van der Waals surface area contributed by atoms with Crippen molar-refractivity contribution in [3.63, 3.8) is 0 Å². The van der Waals surface area contributed by atoms with E-state index < -0.39 is 0 Å². The standard InChI is InChI=1S/C23H26ClN5O3/c1-25-21(30)14-32-20-12-16-10-15(6-7-19(16)28(2)22(20)31)11-18-17(24)13-26-23(27-18)29-8-4-3-5-9-29/h6-7,10,12-13H,3-5,8-9,11,14H2,1-2H3,(H,25,30). The third-order valence-corrected chi connectivity index (χ3v) is 6.02. The van der Waals surface area contributed by atoms with Crippen LogP contribution in [0.3, 0.4) is 0 Å². The van der Waals surface area contributed by atoms with Crippen LogP contribution in [0.4, 0.5) is 5.95 Å². The molecule has 1 saturated heterocycles. The van der Waals surface area contributed by atoms with E-state index in [-0.39, 0.29) is 23.8 Å². The Hall–Kier alpha value is -3.13. The molecule has 8 nitrogen and oxygen atoms in total. The topological polar surface area (TPSA) is 89.3 Å². The summed E-state index contributed by atoms with van der Waals surface area (Å²) in [5.74, 6) is 0.550. The van der Waals surface area contributed by atoms with E-state index >= 15 is 0 Å². The number of fused-ring (bicyclic) bond motifs is 1. The molecule has 2 aromatic heterocycles. The van der Waals surface area contributed by atoms with Crippen molar-refractivity contribution in [2.24, 2.45) is 7.05 Å². The molecule has 1 aromatic carbocycles. The SMILES string of the molecule is CNC(=O)COc1cc2cc(Cc3nc(N4CCCCC4)ncc3Cl)ccc2n(C)c1=O. The molecule has 0 atom stereocenters. The van der Waals surface area contributed by atoms with Crippen LogP contribution >= 0.6 is 11.6 Å². The molecule has 32 heavy (non-hydrogen) atoms. The number of carbonyl (C=O) groups excluding carboxylic acids is 1. The molecule has 1 amide bonds. The number of aromatic nitrogens is 3. The minimum atomic E-state index is -0.302. The van der Waals surface area contributed by atoms with Crippen LogP contribution in [0.2, 0.25) is 5.02 Å². The first-order valence-corrected chi connectivity index (χ1v) is 11.1. The van der Waals surface area contributed by atoms with Gasteiger partial charge >= 0.3 is 0 Å². The molecular formula is C23H26ClN5O3. The fraction of sp³-hybridized carbons (Fsp3) is 0.391. The van der Waals surface area contributed by atoms with E-state index in [2.05, 4.69) is 15.2 Å². The fourth-order valence-electron chi connectivity index (χ4n) is 3.89. The summed E-state index contributed by atoms with van der Waals surface area (Å²) >= 11 is 6.41. The number of anilines is 1. The Morgan fingerprint density at radius 3 is 2.75 bits per heavy atom. The van der Waals surface area contributed by atoms with Gasteiger partial charge in [0.05, 0.1) is 22.4 Å². The van der Waals surface area contributed by atoms with Gasteiger partial charge in [0.25, 0.3) is 11.5 Å². The lowest BCUT2D eigenvalue weighted by atomic mass is 10.1. The lowest BCUT2D eigenvalue weighted by Crippen LogP contribution is -2.31. The molecule has 1 N–H and O–H groups in total. The fourth-order valence-corrected chi connectivity index (χ4v) is 4.04. The highest BCUT2D eigenvalue weighted by Gasteiger charge is 2.16. The highest BCUT2D eigenvalue weighted by Crippen LogP contribution is 2.24. The van der Waals surface area contributed by atoms with Gasteiger partial charge in [0.1, 0.15) is 0 Å². The number of hydrogen-bond donors (Lipinski definition) is 1. The number of ether oxygens (including phenoxy) is 1. The van der Waals surface area contributed by atoms with E-state index in [1.54, 1.807) is 19.3 Å². The van der Waals surface area contributed by atoms with Crippen molar-refractivity contribution in [1.82, 2.24) is 19.9 Å². The molecule has 0 saturated carbocycles. The maximum absolute atomic E-state index is 12.6. The Kier molecular flexibility index (Phi) is 6.60. The van der Waals surface area contributed by atoms with Crippen LogP contribution in [-0.4, -0.2) is 47.2 Å². The van der Waals surface area contributed by atoms with Gasteiger partial charge in [-0.05, 0) is 43.0 Å². The highest BCUT2D eigenvalue weighted by atomic mass is 35.5. The van der Waals surface area contributed by atoms with Crippen molar-refractivity contribution in [1.29, 1.82) is 0 Å². The lowest BCUT2D eigenvalue weighted by molar-refractivity contribution is -0.122. The quantitative estimate of drug-likeness (QED) is 0.614. The molecule has 0 bridgehead atoms. The van der Waals surface area contributed by atoms with E-state index in [9.17, 15) is 9.59 Å². The van der Waals surface area contributed by atoms with Crippen molar-refractivity contribution in [3.8, 4) is 5.75 Å². The molecule has 9 heteroatoms. The molecule has 3 aromatic rings. The monoisotopic (exact) mass is 455 g/mol. The van der Waals surface area contributed by atoms with E-state index in [4.69, 9.17) is 21.3 Å². The largest absolute Gasteiger partial charge is 0.478 e. The van der Waals surface area contributed by atoms with Crippen molar-refractivity contribution in [2.45, 2.75) is 25.7 Å². The summed E-state index contributed by atoms with van der Waals surface area (Å²) in [6.07, 6.45) is 5.74. The number of benzene rings is 1. The summed E-state index contributed by atoms with van der Waals surface area (Å²) in [6.45, 7) is 1.71. The molecular weight excluding hydrogens is 430 g/mol. The molecule has 0 radical (unpaired) electrons. The van der Waals surface area contributed by atoms with Crippen LogP contribution in [0.1, 0.15) is 30.5 Å². The predicted molar refractivity (Wildman–Crippen MR) is 125 cm³/mol. The Labute approximate surface area is 191 Å². The maximum atomic E-state index is 12.6. The van der Waals surface area contributed by atoms with Crippen molar-refractivity contribution in [3.05, 3.63) is 57.1 Å². The number of rotatable bonds is 6. The number of aryl methyl sites for hydroxylation is 1. The second-order valence-corrected chi connectivity index (χ2v) is 8.32. The van der Waals surface area contributed by atoms with Gasteiger partial charge in [-0.25, -0.2) is 9.97 Å². The predicted octanol–water partition coefficient (Wildman–Crippen LogP) is 2.69. The van der Waals surface area contributed by atoms with Gasteiger partial charge in [-0.1, -0.05) is 17.7 Å². The summed E-state index contributed by atoms with van der Waals surface area (Å²) in [7, 11) is 3.20. The van der Waals surface area contributed by atoms with Crippen molar-refractivity contribution < 1.29 is 9.53 Å². The zero-order chi connectivity index (χ0) is 22.7. The van der Waals surface area contributed by atoms with Gasteiger partial charge in [0.15, 0.2) is 12.4 Å². The Morgan fingerprint density at radius 1 is 1.22 bits per heavy atom. The number of nitrogens with one attached hydrogen (secondary N) is 1. The normalized spacial score (nSPS) is 13.9. The van der Waals surface area contributed by atoms with E-state index in [0.29, 0.717) is 11.4 Å². The molecule has 168 valence electrons. The average Bonchev–Trinajstić information content (AvgIpc) is 2.82. The van der Waals surface area contributed by atoms with Crippen molar-refractivity contribution >= 4 is 34.4 Å². The van der Waals surface area contributed by atoms with Crippen LogP contribution in [0, 0.1) is 0 Å². The third-order valence-electron chi connectivity index (χ3n) is 5.71. The number of amides is 1. The zero-order valence-electron chi connectivity index (χ0n) is 18.2. The third kappa shape index (κ3) is 4.70. The number of hydrogen-bond acceptors (Lipinski definition) is 6. The molecule has 1 aliphatic rings. The van der Waals surface area contributed by atoms with Gasteiger partial charge < -0.3 is 19.5 Å². The minimum Gasteiger partial charge on any atom is -0.478 e.